The molecular weight excluding hydrogens is 248 g/mol. The molecule has 2 rings (SSSR count). The second kappa shape index (κ2) is 3.79. The van der Waals surface area contributed by atoms with Crippen LogP contribution in [0.2, 0.25) is 0 Å². The van der Waals surface area contributed by atoms with Gasteiger partial charge in [-0.05, 0) is 28.1 Å². The third kappa shape index (κ3) is 1.63. The van der Waals surface area contributed by atoms with E-state index in [2.05, 4.69) is 25.9 Å². The predicted molar refractivity (Wildman–Crippen MR) is 56.8 cm³/mol. The van der Waals surface area contributed by atoms with Crippen molar-refractivity contribution in [3.05, 3.63) is 34.7 Å². The van der Waals surface area contributed by atoms with Crippen LogP contribution in [0.25, 0.3) is 10.9 Å². The molecule has 5 heteroatoms. The van der Waals surface area contributed by atoms with Gasteiger partial charge in [0.05, 0.1) is 10.9 Å². The number of H-pyrrole nitrogens is 1. The minimum absolute atomic E-state index is 0.313. The second-order valence-electron chi connectivity index (χ2n) is 2.65. The number of halogens is 1. The molecular formula is C9H7BrN2O2. The van der Waals surface area contributed by atoms with E-state index in [1.54, 1.807) is 6.07 Å². The van der Waals surface area contributed by atoms with Gasteiger partial charge in [-0.15, -0.1) is 0 Å². The molecule has 0 bridgehead atoms. The van der Waals surface area contributed by atoms with Crippen LogP contribution in [0.15, 0.2) is 29.1 Å². The largest absolute Gasteiger partial charge is 0.465 e. The molecule has 0 amide bonds. The molecule has 0 aliphatic heterocycles. The number of hydrogen-bond donors (Lipinski definition) is 1. The van der Waals surface area contributed by atoms with Crippen LogP contribution in [0.4, 0.5) is 0 Å². The zero-order chi connectivity index (χ0) is 9.97. The van der Waals surface area contributed by atoms with Crippen molar-refractivity contribution < 1.29 is 4.74 Å². The number of ether oxygens (including phenoxy) is 1. The number of aromatic nitrogens is 2. The van der Waals surface area contributed by atoms with Crippen LogP contribution < -0.4 is 10.4 Å². The van der Waals surface area contributed by atoms with Crippen LogP contribution in [-0.4, -0.2) is 15.5 Å². The second-order valence-corrected chi connectivity index (χ2v) is 3.10. The Morgan fingerprint density at radius 2 is 2.21 bits per heavy atom. The molecule has 0 saturated heterocycles. The lowest BCUT2D eigenvalue weighted by molar-refractivity contribution is 0.385. The molecule has 0 saturated carbocycles. The van der Waals surface area contributed by atoms with Gasteiger partial charge in [0.2, 0.25) is 5.88 Å². The zero-order valence-electron chi connectivity index (χ0n) is 7.16. The van der Waals surface area contributed by atoms with Gasteiger partial charge < -0.3 is 9.72 Å². The van der Waals surface area contributed by atoms with Crippen molar-refractivity contribution in [3.8, 4) is 5.88 Å². The van der Waals surface area contributed by atoms with Gasteiger partial charge in [0.15, 0.2) is 0 Å². The minimum atomic E-state index is -0.403. The zero-order valence-corrected chi connectivity index (χ0v) is 8.74. The first-order chi connectivity index (χ1) is 6.81. The third-order valence-electron chi connectivity index (χ3n) is 1.79. The van der Waals surface area contributed by atoms with E-state index in [1.165, 1.54) is 0 Å². The maximum absolute atomic E-state index is 11.1. The van der Waals surface area contributed by atoms with E-state index in [0.29, 0.717) is 11.4 Å². The van der Waals surface area contributed by atoms with Crippen LogP contribution in [0.1, 0.15) is 0 Å². The standard InChI is InChI=1S/C9H7BrN2O2/c10-5-14-8-6-3-1-2-4-7(6)11-9(13)12-8/h1-4H,5H2,(H,11,12,13). The van der Waals surface area contributed by atoms with Crippen LogP contribution in [-0.2, 0) is 0 Å². The summed E-state index contributed by atoms with van der Waals surface area (Å²) < 4.78 is 5.19. The van der Waals surface area contributed by atoms with Crippen molar-refractivity contribution in [1.29, 1.82) is 0 Å². The van der Waals surface area contributed by atoms with Crippen LogP contribution >= 0.6 is 15.9 Å². The molecule has 14 heavy (non-hydrogen) atoms. The lowest BCUT2D eigenvalue weighted by atomic mass is 10.2. The number of nitrogens with zero attached hydrogens (tertiary/aromatic N) is 1. The molecule has 72 valence electrons. The van der Waals surface area contributed by atoms with Gasteiger partial charge >= 0.3 is 5.69 Å². The molecule has 0 atom stereocenters. The van der Waals surface area contributed by atoms with Gasteiger partial charge in [-0.3, -0.25) is 0 Å². The molecule has 0 spiro atoms. The number of benzene rings is 1. The molecule has 0 aliphatic rings. The van der Waals surface area contributed by atoms with Gasteiger partial charge in [0.25, 0.3) is 0 Å². The molecule has 0 radical (unpaired) electrons. The number of fused-ring (bicyclic) bond motifs is 1. The quantitative estimate of drug-likeness (QED) is 0.830. The van der Waals surface area contributed by atoms with Crippen molar-refractivity contribution >= 4 is 26.8 Å². The summed E-state index contributed by atoms with van der Waals surface area (Å²) in [4.78, 5) is 17.5. The molecule has 1 heterocycles. The molecule has 0 fully saturated rings. The molecule has 1 aromatic carbocycles. The van der Waals surface area contributed by atoms with E-state index in [-0.39, 0.29) is 0 Å². The summed E-state index contributed by atoms with van der Waals surface area (Å²) in [6, 6.07) is 7.36. The van der Waals surface area contributed by atoms with Gasteiger partial charge in [-0.25, -0.2) is 4.79 Å². The predicted octanol–water partition coefficient (Wildman–Crippen LogP) is 1.65. The first-order valence-electron chi connectivity index (χ1n) is 3.99. The fourth-order valence-corrected chi connectivity index (χ4v) is 1.45. The fourth-order valence-electron chi connectivity index (χ4n) is 1.24. The van der Waals surface area contributed by atoms with Crippen molar-refractivity contribution in [2.75, 3.05) is 5.52 Å². The lowest BCUT2D eigenvalue weighted by Gasteiger charge is -2.03. The Bertz CT molecular complexity index is 509. The first-order valence-corrected chi connectivity index (χ1v) is 5.11. The van der Waals surface area contributed by atoms with E-state index < -0.39 is 5.69 Å². The highest BCUT2D eigenvalue weighted by atomic mass is 79.9. The van der Waals surface area contributed by atoms with Gasteiger partial charge in [0, 0.05) is 0 Å². The van der Waals surface area contributed by atoms with E-state index >= 15 is 0 Å². The Hall–Kier alpha value is -1.36. The Labute approximate surface area is 88.1 Å². The Morgan fingerprint density at radius 1 is 1.43 bits per heavy atom. The summed E-state index contributed by atoms with van der Waals surface area (Å²) in [5, 5.41) is 0.798. The maximum atomic E-state index is 11.1. The van der Waals surface area contributed by atoms with Crippen LogP contribution in [0.3, 0.4) is 0 Å². The molecule has 2 aromatic rings. The number of hydrogen-bond acceptors (Lipinski definition) is 3. The summed E-state index contributed by atoms with van der Waals surface area (Å²) in [5.74, 6) is 0.348. The highest BCUT2D eigenvalue weighted by molar-refractivity contribution is 9.09. The Morgan fingerprint density at radius 3 is 3.00 bits per heavy atom. The summed E-state index contributed by atoms with van der Waals surface area (Å²) in [6.45, 7) is 0. The summed E-state index contributed by atoms with van der Waals surface area (Å²) in [6.07, 6.45) is 0. The highest BCUT2D eigenvalue weighted by Crippen LogP contribution is 2.19. The van der Waals surface area contributed by atoms with Gasteiger partial charge in [-0.1, -0.05) is 12.1 Å². The smallest absolute Gasteiger partial charge is 0.348 e. The fraction of sp³-hybridized carbons (Fsp3) is 0.111. The normalized spacial score (nSPS) is 10.4. The van der Waals surface area contributed by atoms with Crippen molar-refractivity contribution in [1.82, 2.24) is 9.97 Å². The van der Waals surface area contributed by atoms with Crippen molar-refractivity contribution in [2.24, 2.45) is 0 Å². The third-order valence-corrected chi connectivity index (χ3v) is 2.02. The number of nitrogens with one attached hydrogen (secondary N) is 1. The molecule has 0 aliphatic carbocycles. The maximum Gasteiger partial charge on any atom is 0.348 e. The highest BCUT2D eigenvalue weighted by Gasteiger charge is 2.04. The van der Waals surface area contributed by atoms with Gasteiger partial charge in [-0.2, -0.15) is 4.98 Å². The SMILES string of the molecule is O=c1nc(OCBr)c2ccccc2[nH]1. The van der Waals surface area contributed by atoms with E-state index in [4.69, 9.17) is 4.74 Å². The number of para-hydroxylation sites is 1. The van der Waals surface area contributed by atoms with Gasteiger partial charge in [0.1, 0.15) is 5.52 Å². The number of rotatable bonds is 2. The number of alkyl halides is 1. The molecule has 1 aromatic heterocycles. The van der Waals surface area contributed by atoms with Crippen molar-refractivity contribution in [3.63, 3.8) is 0 Å². The number of aromatic amines is 1. The van der Waals surface area contributed by atoms with E-state index in [9.17, 15) is 4.79 Å². The summed E-state index contributed by atoms with van der Waals surface area (Å²) >= 11 is 3.12. The monoisotopic (exact) mass is 254 g/mol. The van der Waals surface area contributed by atoms with Crippen LogP contribution in [0, 0.1) is 0 Å². The average Bonchev–Trinajstić information content (AvgIpc) is 2.18. The van der Waals surface area contributed by atoms with E-state index in [1.807, 2.05) is 18.2 Å². The summed E-state index contributed by atoms with van der Waals surface area (Å²) in [5.41, 5.74) is 0.635. The molecule has 0 unspecified atom stereocenters. The molecule has 1 N–H and O–H groups in total. The average molecular weight is 255 g/mol. The molecule has 4 nitrogen and oxygen atoms in total. The van der Waals surface area contributed by atoms with Crippen molar-refractivity contribution in [2.45, 2.75) is 0 Å². The van der Waals surface area contributed by atoms with Crippen LogP contribution in [0.5, 0.6) is 5.88 Å². The minimum Gasteiger partial charge on any atom is -0.465 e. The first kappa shape index (κ1) is 9.21. The lowest BCUT2D eigenvalue weighted by Crippen LogP contribution is -2.11. The Balaban J connectivity index is 2.73. The summed E-state index contributed by atoms with van der Waals surface area (Å²) in [7, 11) is 0. The Kier molecular flexibility index (Phi) is 2.49. The van der Waals surface area contributed by atoms with E-state index in [0.717, 1.165) is 10.9 Å². The topological polar surface area (TPSA) is 55.0 Å².